The maximum Gasteiger partial charge on any atom is 0.316 e. The number of thioether (sulfide) groups is 1. The second-order valence-electron chi connectivity index (χ2n) is 6.63. The first-order valence-corrected chi connectivity index (χ1v) is 10.00. The molecule has 1 aromatic heterocycles. The predicted molar refractivity (Wildman–Crippen MR) is 100 cm³/mol. The second kappa shape index (κ2) is 9.19. The maximum absolute atomic E-state index is 11.9. The Morgan fingerprint density at radius 3 is 2.85 bits per heavy atom. The second-order valence-corrected chi connectivity index (χ2v) is 7.58. The third-order valence-corrected chi connectivity index (χ3v) is 5.04. The number of rotatable bonds is 8. The summed E-state index contributed by atoms with van der Waals surface area (Å²) in [4.78, 5) is 11.9. The van der Waals surface area contributed by atoms with Gasteiger partial charge in [0.15, 0.2) is 5.16 Å². The standard InChI is InChI=1S/C19H25N3O3S/c1-14(2)25-18(23)13-26-19-21-20-17(11-15-7-4-3-5-8-15)22(19)12-16-9-6-10-24-16/h3-5,7-8,14,16H,6,9-13H2,1-2H3/t16-/m0/s1. The molecule has 3 rings (SSSR count). The summed E-state index contributed by atoms with van der Waals surface area (Å²) < 4.78 is 13.1. The molecule has 0 aliphatic carbocycles. The third-order valence-electron chi connectivity index (χ3n) is 4.09. The Bertz CT molecular complexity index is 712. The highest BCUT2D eigenvalue weighted by atomic mass is 32.2. The Kier molecular flexibility index (Phi) is 6.68. The zero-order valence-corrected chi connectivity index (χ0v) is 16.1. The van der Waals surface area contributed by atoms with Crippen molar-refractivity contribution in [2.75, 3.05) is 12.4 Å². The monoisotopic (exact) mass is 375 g/mol. The van der Waals surface area contributed by atoms with E-state index in [1.807, 2.05) is 32.0 Å². The van der Waals surface area contributed by atoms with E-state index in [4.69, 9.17) is 9.47 Å². The van der Waals surface area contributed by atoms with Crippen LogP contribution < -0.4 is 0 Å². The molecule has 0 unspecified atom stereocenters. The van der Waals surface area contributed by atoms with Crippen LogP contribution in [0.4, 0.5) is 0 Å². The van der Waals surface area contributed by atoms with Crippen molar-refractivity contribution >= 4 is 17.7 Å². The minimum atomic E-state index is -0.235. The predicted octanol–water partition coefficient (Wildman–Crippen LogP) is 3.09. The summed E-state index contributed by atoms with van der Waals surface area (Å²) in [6.07, 6.45) is 2.91. The van der Waals surface area contributed by atoms with Crippen LogP contribution in [0.5, 0.6) is 0 Å². The third kappa shape index (κ3) is 5.32. The maximum atomic E-state index is 11.9. The molecule has 2 heterocycles. The minimum Gasteiger partial charge on any atom is -0.462 e. The lowest BCUT2D eigenvalue weighted by molar-refractivity contribution is -0.144. The van der Waals surface area contributed by atoms with Crippen molar-refractivity contribution in [3.63, 3.8) is 0 Å². The number of benzene rings is 1. The number of hydrogen-bond acceptors (Lipinski definition) is 6. The van der Waals surface area contributed by atoms with Gasteiger partial charge in [-0.15, -0.1) is 10.2 Å². The average Bonchev–Trinajstić information content (AvgIpc) is 3.25. The molecule has 1 aliphatic rings. The van der Waals surface area contributed by atoms with Gasteiger partial charge in [-0.2, -0.15) is 0 Å². The summed E-state index contributed by atoms with van der Waals surface area (Å²) in [5, 5.41) is 9.44. The van der Waals surface area contributed by atoms with Crippen molar-refractivity contribution in [2.24, 2.45) is 0 Å². The molecule has 7 heteroatoms. The zero-order valence-electron chi connectivity index (χ0n) is 15.3. The van der Waals surface area contributed by atoms with Crippen LogP contribution in [0.25, 0.3) is 0 Å². The van der Waals surface area contributed by atoms with Crippen molar-refractivity contribution in [1.29, 1.82) is 0 Å². The van der Waals surface area contributed by atoms with Crippen LogP contribution >= 0.6 is 11.8 Å². The van der Waals surface area contributed by atoms with E-state index >= 15 is 0 Å². The van der Waals surface area contributed by atoms with Gasteiger partial charge >= 0.3 is 5.97 Å². The summed E-state index contributed by atoms with van der Waals surface area (Å²) in [6.45, 7) is 5.22. The molecule has 140 valence electrons. The summed E-state index contributed by atoms with van der Waals surface area (Å²) >= 11 is 1.37. The van der Waals surface area contributed by atoms with Crippen LogP contribution in [-0.2, 0) is 27.2 Å². The van der Waals surface area contributed by atoms with Gasteiger partial charge in [0.25, 0.3) is 0 Å². The first-order valence-electron chi connectivity index (χ1n) is 9.01. The molecule has 6 nitrogen and oxygen atoms in total. The van der Waals surface area contributed by atoms with E-state index in [1.165, 1.54) is 17.3 Å². The fraction of sp³-hybridized carbons (Fsp3) is 0.526. The topological polar surface area (TPSA) is 66.2 Å². The lowest BCUT2D eigenvalue weighted by atomic mass is 10.1. The van der Waals surface area contributed by atoms with Gasteiger partial charge in [-0.3, -0.25) is 4.79 Å². The van der Waals surface area contributed by atoms with E-state index < -0.39 is 0 Å². The molecule has 1 aliphatic heterocycles. The van der Waals surface area contributed by atoms with Crippen molar-refractivity contribution in [3.8, 4) is 0 Å². The van der Waals surface area contributed by atoms with E-state index in [2.05, 4.69) is 26.9 Å². The lowest BCUT2D eigenvalue weighted by Crippen LogP contribution is -2.19. The summed E-state index contributed by atoms with van der Waals surface area (Å²) in [5.41, 5.74) is 1.18. The number of hydrogen-bond donors (Lipinski definition) is 0. The molecule has 1 fully saturated rings. The average molecular weight is 375 g/mol. The van der Waals surface area contributed by atoms with Crippen LogP contribution in [0.2, 0.25) is 0 Å². The Morgan fingerprint density at radius 2 is 2.15 bits per heavy atom. The smallest absolute Gasteiger partial charge is 0.316 e. The van der Waals surface area contributed by atoms with Crippen LogP contribution in [0.1, 0.15) is 38.1 Å². The first-order chi connectivity index (χ1) is 12.6. The highest BCUT2D eigenvalue weighted by Gasteiger charge is 2.22. The fourth-order valence-corrected chi connectivity index (χ4v) is 3.68. The minimum absolute atomic E-state index is 0.110. The molecule has 1 saturated heterocycles. The molecule has 0 spiro atoms. The van der Waals surface area contributed by atoms with Crippen LogP contribution in [-0.4, -0.2) is 45.3 Å². The number of aromatic nitrogens is 3. The van der Waals surface area contributed by atoms with Crippen LogP contribution in [0.15, 0.2) is 35.5 Å². The largest absolute Gasteiger partial charge is 0.462 e. The highest BCUT2D eigenvalue weighted by Crippen LogP contribution is 2.23. The highest BCUT2D eigenvalue weighted by molar-refractivity contribution is 7.99. The van der Waals surface area contributed by atoms with Crippen molar-refractivity contribution in [2.45, 2.75) is 57.0 Å². The van der Waals surface area contributed by atoms with Crippen molar-refractivity contribution in [1.82, 2.24) is 14.8 Å². The van der Waals surface area contributed by atoms with Gasteiger partial charge in [-0.25, -0.2) is 0 Å². The molecule has 2 aromatic rings. The molecule has 0 radical (unpaired) electrons. The molecule has 0 bridgehead atoms. The van der Waals surface area contributed by atoms with Gasteiger partial charge in [0, 0.05) is 13.0 Å². The van der Waals surface area contributed by atoms with E-state index in [0.717, 1.165) is 37.0 Å². The van der Waals surface area contributed by atoms with Crippen LogP contribution in [0, 0.1) is 0 Å². The lowest BCUT2D eigenvalue weighted by Gasteiger charge is -2.15. The number of nitrogens with zero attached hydrogens (tertiary/aromatic N) is 3. The van der Waals surface area contributed by atoms with Crippen molar-refractivity contribution in [3.05, 3.63) is 41.7 Å². The number of carbonyl (C=O) groups excluding carboxylic acids is 1. The normalized spacial score (nSPS) is 17.0. The van der Waals surface area contributed by atoms with Crippen molar-refractivity contribution < 1.29 is 14.3 Å². The van der Waals surface area contributed by atoms with Gasteiger partial charge in [0.1, 0.15) is 5.82 Å². The SMILES string of the molecule is CC(C)OC(=O)CSc1nnc(Cc2ccccc2)n1C[C@@H]1CCCO1. The Labute approximate surface area is 158 Å². The quantitative estimate of drug-likeness (QED) is 0.522. The molecule has 1 aromatic carbocycles. The summed E-state index contributed by atoms with van der Waals surface area (Å²) in [6, 6.07) is 10.2. The van der Waals surface area contributed by atoms with Gasteiger partial charge in [-0.1, -0.05) is 42.1 Å². The van der Waals surface area contributed by atoms with Gasteiger partial charge in [0.05, 0.1) is 24.5 Å². The number of carbonyl (C=O) groups is 1. The van der Waals surface area contributed by atoms with Gasteiger partial charge in [0.2, 0.25) is 0 Å². The molecule has 0 amide bonds. The molecule has 0 N–H and O–H groups in total. The molecule has 26 heavy (non-hydrogen) atoms. The molecular formula is C19H25N3O3S. The molecule has 0 saturated carbocycles. The Hall–Kier alpha value is -1.86. The van der Waals surface area contributed by atoms with E-state index in [0.29, 0.717) is 6.42 Å². The number of esters is 1. The number of ether oxygens (including phenoxy) is 2. The zero-order chi connectivity index (χ0) is 18.4. The summed E-state index contributed by atoms with van der Waals surface area (Å²) in [7, 11) is 0. The fourth-order valence-electron chi connectivity index (χ4n) is 2.93. The first kappa shape index (κ1) is 18.9. The van der Waals surface area contributed by atoms with Gasteiger partial charge < -0.3 is 14.0 Å². The Morgan fingerprint density at radius 1 is 1.35 bits per heavy atom. The van der Waals surface area contributed by atoms with E-state index in [1.54, 1.807) is 0 Å². The summed E-state index contributed by atoms with van der Waals surface area (Å²) in [5.74, 6) is 0.889. The Balaban J connectivity index is 1.73. The molecular weight excluding hydrogens is 350 g/mol. The van der Waals surface area contributed by atoms with E-state index in [9.17, 15) is 4.79 Å². The van der Waals surface area contributed by atoms with Gasteiger partial charge in [-0.05, 0) is 32.3 Å². The van der Waals surface area contributed by atoms with E-state index in [-0.39, 0.29) is 23.9 Å². The van der Waals surface area contributed by atoms with Crippen LogP contribution in [0.3, 0.4) is 0 Å². The molecule has 1 atom stereocenters.